The molecule has 1 saturated heterocycles. The third-order valence-electron chi connectivity index (χ3n) is 4.53. The average molecular weight is 353 g/mol. The minimum Gasteiger partial charge on any atom is -0.292 e. The first kappa shape index (κ1) is 18.2. The Labute approximate surface area is 152 Å². The van der Waals surface area contributed by atoms with Crippen molar-refractivity contribution in [1.82, 2.24) is 4.90 Å². The van der Waals surface area contributed by atoms with Crippen molar-refractivity contribution in [1.29, 1.82) is 0 Å². The first-order chi connectivity index (χ1) is 12.5. The lowest BCUT2D eigenvalue weighted by atomic mass is 9.93. The van der Waals surface area contributed by atoms with E-state index in [0.29, 0.717) is 35.4 Å². The maximum Gasteiger partial charge on any atom is 0.187 e. The van der Waals surface area contributed by atoms with E-state index in [0.717, 1.165) is 0 Å². The minimum absolute atomic E-state index is 0.159. The number of carbonyl (C=O) groups is 1. The number of Topliss-reactive ketones (excluding diaryl/α,β-unsaturated/α-hetero) is 1. The van der Waals surface area contributed by atoms with Crippen LogP contribution in [0.3, 0.4) is 0 Å². The second-order valence-electron chi connectivity index (χ2n) is 6.71. The number of carbonyl (C=O) groups excluding carboxylic acids is 1. The van der Waals surface area contributed by atoms with E-state index in [1.54, 1.807) is 48.6 Å². The number of rotatable bonds is 3. The zero-order chi connectivity index (χ0) is 18.7. The Morgan fingerprint density at radius 1 is 0.846 bits per heavy atom. The van der Waals surface area contributed by atoms with Gasteiger partial charge in [0, 0.05) is 41.4 Å². The van der Waals surface area contributed by atoms with Gasteiger partial charge < -0.3 is 0 Å². The number of halogens is 2. The summed E-state index contributed by atoms with van der Waals surface area (Å²) in [6.07, 6.45) is 3.20. The summed E-state index contributed by atoms with van der Waals surface area (Å²) in [6.45, 7) is 4.97. The molecule has 1 aliphatic heterocycles. The molecule has 1 aliphatic rings. The van der Waals surface area contributed by atoms with Gasteiger partial charge in [-0.3, -0.25) is 9.69 Å². The summed E-state index contributed by atoms with van der Waals surface area (Å²) in [5.74, 6) is -0.892. The maximum atomic E-state index is 14.0. The molecule has 0 radical (unpaired) electrons. The molecule has 4 heteroatoms. The zero-order valence-corrected chi connectivity index (χ0v) is 14.9. The Morgan fingerprint density at radius 3 is 1.65 bits per heavy atom. The number of hydrogen-bond acceptors (Lipinski definition) is 2. The fourth-order valence-electron chi connectivity index (χ4n) is 2.99. The number of nitrogens with zero attached hydrogens (tertiary/aromatic N) is 1. The van der Waals surface area contributed by atoms with Gasteiger partial charge in [0.1, 0.15) is 11.6 Å². The van der Waals surface area contributed by atoms with Crippen LogP contribution < -0.4 is 0 Å². The predicted molar refractivity (Wildman–Crippen MR) is 100 cm³/mol. The average Bonchev–Trinajstić information content (AvgIpc) is 2.61. The highest BCUT2D eigenvalue weighted by Gasteiger charge is 2.27. The third kappa shape index (κ3) is 3.97. The number of hydrogen-bond donors (Lipinski definition) is 0. The molecular weight excluding hydrogens is 332 g/mol. The molecule has 0 saturated carbocycles. The molecule has 1 fully saturated rings. The maximum absolute atomic E-state index is 14.0. The summed E-state index contributed by atoms with van der Waals surface area (Å²) in [4.78, 5) is 15.0. The van der Waals surface area contributed by atoms with Crippen LogP contribution in [0.25, 0.3) is 12.2 Å². The standard InChI is InChI=1S/C22H21F2NO/c1-15(2)25-13-18(11-16-7-3-5-9-20(16)23)22(26)19(14-25)12-17-8-4-6-10-21(17)24/h3-12,15H,13-14H2,1-2H3. The van der Waals surface area contributed by atoms with Crippen LogP contribution in [0.1, 0.15) is 25.0 Å². The molecule has 0 unspecified atom stereocenters. The monoisotopic (exact) mass is 353 g/mol. The number of benzene rings is 2. The summed E-state index contributed by atoms with van der Waals surface area (Å²) < 4.78 is 28.0. The molecule has 2 aromatic rings. The second-order valence-corrected chi connectivity index (χ2v) is 6.71. The van der Waals surface area contributed by atoms with Crippen molar-refractivity contribution in [2.24, 2.45) is 0 Å². The number of piperidine rings is 1. The molecule has 3 rings (SSSR count). The van der Waals surface area contributed by atoms with E-state index in [1.807, 2.05) is 13.8 Å². The third-order valence-corrected chi connectivity index (χ3v) is 4.53. The van der Waals surface area contributed by atoms with E-state index in [9.17, 15) is 13.6 Å². The largest absolute Gasteiger partial charge is 0.292 e. The highest BCUT2D eigenvalue weighted by atomic mass is 19.1. The van der Waals surface area contributed by atoms with Crippen molar-refractivity contribution < 1.29 is 13.6 Å². The van der Waals surface area contributed by atoms with Crippen LogP contribution in [0, 0.1) is 11.6 Å². The van der Waals surface area contributed by atoms with Gasteiger partial charge in [-0.2, -0.15) is 0 Å². The molecular formula is C22H21F2NO. The van der Waals surface area contributed by atoms with Crippen LogP contribution in [-0.2, 0) is 4.79 Å². The molecule has 0 atom stereocenters. The molecule has 2 nitrogen and oxygen atoms in total. The minimum atomic E-state index is -0.367. The van der Waals surface area contributed by atoms with Gasteiger partial charge in [0.2, 0.25) is 0 Å². The zero-order valence-electron chi connectivity index (χ0n) is 14.9. The lowest BCUT2D eigenvalue weighted by Gasteiger charge is -2.32. The van der Waals surface area contributed by atoms with Gasteiger partial charge in [-0.15, -0.1) is 0 Å². The smallest absolute Gasteiger partial charge is 0.187 e. The van der Waals surface area contributed by atoms with Crippen LogP contribution in [-0.4, -0.2) is 29.8 Å². The summed E-state index contributed by atoms with van der Waals surface area (Å²) in [5, 5.41) is 0. The Morgan fingerprint density at radius 2 is 1.27 bits per heavy atom. The van der Waals surface area contributed by atoms with Gasteiger partial charge in [0.05, 0.1) is 0 Å². The van der Waals surface area contributed by atoms with Gasteiger partial charge >= 0.3 is 0 Å². The molecule has 0 aliphatic carbocycles. The molecule has 0 bridgehead atoms. The normalized spacial score (nSPS) is 18.9. The van der Waals surface area contributed by atoms with E-state index in [4.69, 9.17) is 0 Å². The molecule has 2 aromatic carbocycles. The summed E-state index contributed by atoms with van der Waals surface area (Å²) >= 11 is 0. The summed E-state index contributed by atoms with van der Waals surface area (Å²) in [7, 11) is 0. The second kappa shape index (κ2) is 7.75. The first-order valence-corrected chi connectivity index (χ1v) is 8.64. The Hall–Kier alpha value is -2.59. The highest BCUT2D eigenvalue weighted by Crippen LogP contribution is 2.24. The molecule has 134 valence electrons. The van der Waals surface area contributed by atoms with Crippen molar-refractivity contribution in [3.05, 3.63) is 82.4 Å². The van der Waals surface area contributed by atoms with Crippen molar-refractivity contribution in [2.75, 3.05) is 13.1 Å². The molecule has 0 N–H and O–H groups in total. The van der Waals surface area contributed by atoms with Crippen molar-refractivity contribution >= 4 is 17.9 Å². The van der Waals surface area contributed by atoms with Crippen molar-refractivity contribution in [3.63, 3.8) is 0 Å². The van der Waals surface area contributed by atoms with Gasteiger partial charge in [-0.25, -0.2) is 8.78 Å². The van der Waals surface area contributed by atoms with E-state index < -0.39 is 0 Å². The predicted octanol–water partition coefficient (Wildman–Crippen LogP) is 4.72. The quantitative estimate of drug-likeness (QED) is 0.744. The first-order valence-electron chi connectivity index (χ1n) is 8.64. The summed E-state index contributed by atoms with van der Waals surface area (Å²) in [5.41, 5.74) is 1.79. The van der Waals surface area contributed by atoms with Gasteiger partial charge in [-0.1, -0.05) is 36.4 Å². The topological polar surface area (TPSA) is 20.3 Å². The molecule has 0 spiro atoms. The van der Waals surface area contributed by atoms with Crippen LogP contribution in [0.4, 0.5) is 8.78 Å². The SMILES string of the molecule is CC(C)N1CC(=Cc2ccccc2F)C(=O)C(=Cc2ccccc2F)C1. The van der Waals surface area contributed by atoms with Gasteiger partial charge in [-0.05, 0) is 38.1 Å². The van der Waals surface area contributed by atoms with E-state index in [1.165, 1.54) is 12.1 Å². The van der Waals surface area contributed by atoms with Gasteiger partial charge in [0.25, 0.3) is 0 Å². The highest BCUT2D eigenvalue weighted by molar-refractivity contribution is 6.14. The number of ketones is 1. The molecule has 1 heterocycles. The van der Waals surface area contributed by atoms with Crippen molar-refractivity contribution in [3.8, 4) is 0 Å². The van der Waals surface area contributed by atoms with Crippen LogP contribution in [0.5, 0.6) is 0 Å². The number of likely N-dealkylation sites (tertiary alicyclic amines) is 1. The van der Waals surface area contributed by atoms with Crippen molar-refractivity contribution in [2.45, 2.75) is 19.9 Å². The molecule has 0 amide bonds. The lowest BCUT2D eigenvalue weighted by molar-refractivity contribution is -0.113. The molecule has 0 aromatic heterocycles. The summed E-state index contributed by atoms with van der Waals surface area (Å²) in [6, 6.07) is 12.9. The fraction of sp³-hybridized carbons (Fsp3) is 0.227. The Bertz CT molecular complexity index is 816. The van der Waals surface area contributed by atoms with Gasteiger partial charge in [0.15, 0.2) is 5.78 Å². The Kier molecular flexibility index (Phi) is 5.43. The van der Waals surface area contributed by atoms with E-state index in [2.05, 4.69) is 4.90 Å². The van der Waals surface area contributed by atoms with E-state index >= 15 is 0 Å². The Balaban J connectivity index is 2.02. The lowest BCUT2D eigenvalue weighted by Crippen LogP contribution is -2.41. The fourth-order valence-corrected chi connectivity index (χ4v) is 2.99. The van der Waals surface area contributed by atoms with Crippen LogP contribution in [0.2, 0.25) is 0 Å². The van der Waals surface area contributed by atoms with E-state index in [-0.39, 0.29) is 23.5 Å². The van der Waals surface area contributed by atoms with Crippen LogP contribution in [0.15, 0.2) is 59.7 Å². The molecule has 26 heavy (non-hydrogen) atoms. The van der Waals surface area contributed by atoms with Crippen LogP contribution >= 0.6 is 0 Å².